The zero-order valence-corrected chi connectivity index (χ0v) is 16.5. The fourth-order valence-electron chi connectivity index (χ4n) is 2.40. The first kappa shape index (κ1) is 20.9. The van der Waals surface area contributed by atoms with Crippen LogP contribution in [-0.4, -0.2) is 24.6 Å². The normalized spacial score (nSPS) is 11.9. The van der Waals surface area contributed by atoms with Crippen LogP contribution in [0.5, 0.6) is 0 Å². The molecule has 0 aliphatic carbocycles. The Kier molecular flexibility index (Phi) is 7.82. The van der Waals surface area contributed by atoms with E-state index in [2.05, 4.69) is 5.32 Å². The van der Waals surface area contributed by atoms with Crippen LogP contribution in [0.2, 0.25) is 5.02 Å². The van der Waals surface area contributed by atoms with Gasteiger partial charge in [0.2, 0.25) is 0 Å². The molecule has 144 valence electrons. The van der Waals surface area contributed by atoms with Crippen LogP contribution in [0.1, 0.15) is 48.3 Å². The molecule has 0 saturated heterocycles. The molecule has 2 aromatic carbocycles. The van der Waals surface area contributed by atoms with E-state index in [4.69, 9.17) is 21.1 Å². The highest BCUT2D eigenvalue weighted by atomic mass is 35.5. The Morgan fingerprint density at radius 3 is 2.33 bits per heavy atom. The lowest BCUT2D eigenvalue weighted by atomic mass is 10.1. The first-order valence-electron chi connectivity index (χ1n) is 8.78. The zero-order chi connectivity index (χ0) is 19.8. The van der Waals surface area contributed by atoms with Crippen molar-refractivity contribution in [1.29, 1.82) is 0 Å². The number of carbonyl (C=O) groups is 2. The topological polar surface area (TPSA) is 64.6 Å². The number of hydrogen-bond donors (Lipinski definition) is 1. The average molecular weight is 390 g/mol. The van der Waals surface area contributed by atoms with Crippen LogP contribution in [-0.2, 0) is 20.9 Å². The van der Waals surface area contributed by atoms with Gasteiger partial charge in [-0.2, -0.15) is 0 Å². The van der Waals surface area contributed by atoms with E-state index in [0.29, 0.717) is 17.2 Å². The van der Waals surface area contributed by atoms with Crippen LogP contribution in [0.15, 0.2) is 48.5 Å². The first-order chi connectivity index (χ1) is 12.9. The molecule has 0 radical (unpaired) electrons. The molecule has 1 amide bonds. The van der Waals surface area contributed by atoms with Crippen LogP contribution < -0.4 is 5.32 Å². The van der Waals surface area contributed by atoms with E-state index in [1.165, 1.54) is 0 Å². The molecule has 0 unspecified atom stereocenters. The fraction of sp³-hybridized carbons (Fsp3) is 0.333. The van der Waals surface area contributed by atoms with Crippen molar-refractivity contribution in [2.24, 2.45) is 0 Å². The summed E-state index contributed by atoms with van der Waals surface area (Å²) in [6.07, 6.45) is 0.140. The molecule has 0 aromatic heterocycles. The van der Waals surface area contributed by atoms with Crippen molar-refractivity contribution in [2.75, 3.05) is 6.61 Å². The highest BCUT2D eigenvalue weighted by molar-refractivity contribution is 6.31. The summed E-state index contributed by atoms with van der Waals surface area (Å²) in [7, 11) is 0. The minimum Gasteiger partial charge on any atom is -0.452 e. The number of hydrogen-bond acceptors (Lipinski definition) is 4. The third-order valence-corrected chi connectivity index (χ3v) is 4.20. The Bertz CT molecular complexity index is 774. The van der Waals surface area contributed by atoms with E-state index in [1.807, 2.05) is 39.0 Å². The first-order valence-corrected chi connectivity index (χ1v) is 9.16. The third-order valence-electron chi connectivity index (χ3n) is 3.86. The molecule has 2 rings (SSSR count). The van der Waals surface area contributed by atoms with Gasteiger partial charge in [0.15, 0.2) is 6.61 Å². The van der Waals surface area contributed by atoms with Crippen LogP contribution in [0.3, 0.4) is 0 Å². The van der Waals surface area contributed by atoms with Crippen molar-refractivity contribution in [3.63, 3.8) is 0 Å². The molecule has 2 aromatic rings. The molecule has 0 spiro atoms. The van der Waals surface area contributed by atoms with E-state index in [1.54, 1.807) is 30.3 Å². The van der Waals surface area contributed by atoms with Gasteiger partial charge in [0.1, 0.15) is 0 Å². The Balaban J connectivity index is 1.82. The largest absolute Gasteiger partial charge is 0.452 e. The number of carbonyl (C=O) groups excluding carboxylic acids is 2. The Morgan fingerprint density at radius 1 is 1.04 bits per heavy atom. The van der Waals surface area contributed by atoms with Crippen molar-refractivity contribution in [3.8, 4) is 0 Å². The maximum Gasteiger partial charge on any atom is 0.338 e. The summed E-state index contributed by atoms with van der Waals surface area (Å²) in [6.45, 7) is 5.87. The van der Waals surface area contributed by atoms with Gasteiger partial charge in [-0.05, 0) is 50.1 Å². The molecule has 0 fully saturated rings. The molecular weight excluding hydrogens is 366 g/mol. The van der Waals surface area contributed by atoms with Gasteiger partial charge < -0.3 is 14.8 Å². The second-order valence-electron chi connectivity index (χ2n) is 6.44. The SMILES string of the molecule is CC(C)OCc1ccc(C(=O)OCC(=O)N[C@H](C)c2ccccc2Cl)cc1. The second-order valence-corrected chi connectivity index (χ2v) is 6.85. The maximum atomic E-state index is 12.1. The minimum absolute atomic E-state index is 0.140. The minimum atomic E-state index is -0.549. The molecule has 6 heteroatoms. The van der Waals surface area contributed by atoms with Gasteiger partial charge in [-0.3, -0.25) is 4.79 Å². The average Bonchev–Trinajstić information content (AvgIpc) is 2.65. The van der Waals surface area contributed by atoms with Crippen LogP contribution in [0.25, 0.3) is 0 Å². The smallest absolute Gasteiger partial charge is 0.338 e. The number of nitrogens with one attached hydrogen (secondary N) is 1. The monoisotopic (exact) mass is 389 g/mol. The number of amides is 1. The lowest BCUT2D eigenvalue weighted by molar-refractivity contribution is -0.124. The van der Waals surface area contributed by atoms with Gasteiger partial charge in [0, 0.05) is 5.02 Å². The molecular formula is C21H24ClNO4. The Morgan fingerprint density at radius 2 is 1.70 bits per heavy atom. The predicted octanol–water partition coefficient (Wildman–Crippen LogP) is 4.30. The lowest BCUT2D eigenvalue weighted by Gasteiger charge is -2.15. The summed E-state index contributed by atoms with van der Waals surface area (Å²) in [6, 6.07) is 13.9. The summed E-state index contributed by atoms with van der Waals surface area (Å²) >= 11 is 6.12. The van der Waals surface area contributed by atoms with Crippen molar-refractivity contribution < 1.29 is 19.1 Å². The Hall–Kier alpha value is -2.37. The van der Waals surface area contributed by atoms with Crippen LogP contribution in [0, 0.1) is 0 Å². The molecule has 0 aliphatic heterocycles. The van der Waals surface area contributed by atoms with Crippen LogP contribution in [0.4, 0.5) is 0 Å². The van der Waals surface area contributed by atoms with E-state index in [0.717, 1.165) is 11.1 Å². The highest BCUT2D eigenvalue weighted by Gasteiger charge is 2.14. The summed E-state index contributed by atoms with van der Waals surface area (Å²) in [5.41, 5.74) is 2.15. The molecule has 0 saturated carbocycles. The third kappa shape index (κ3) is 6.70. The standard InChI is InChI=1S/C21H24ClNO4/c1-14(2)26-12-16-8-10-17(11-9-16)21(25)27-13-20(24)23-15(3)18-6-4-5-7-19(18)22/h4-11,14-15H,12-13H2,1-3H3,(H,23,24)/t15-/m1/s1. The van der Waals surface area contributed by atoms with E-state index in [9.17, 15) is 9.59 Å². The van der Waals surface area contributed by atoms with E-state index in [-0.39, 0.29) is 18.8 Å². The number of esters is 1. The number of rotatable bonds is 8. The maximum absolute atomic E-state index is 12.1. The zero-order valence-electron chi connectivity index (χ0n) is 15.7. The van der Waals surface area contributed by atoms with Crippen molar-refractivity contribution in [3.05, 3.63) is 70.2 Å². The fourth-order valence-corrected chi connectivity index (χ4v) is 2.70. The van der Waals surface area contributed by atoms with Crippen molar-refractivity contribution >= 4 is 23.5 Å². The molecule has 1 N–H and O–H groups in total. The molecule has 27 heavy (non-hydrogen) atoms. The molecule has 0 aliphatic rings. The number of benzene rings is 2. The highest BCUT2D eigenvalue weighted by Crippen LogP contribution is 2.21. The van der Waals surface area contributed by atoms with E-state index < -0.39 is 11.9 Å². The van der Waals surface area contributed by atoms with Crippen LogP contribution >= 0.6 is 11.6 Å². The van der Waals surface area contributed by atoms with E-state index >= 15 is 0 Å². The van der Waals surface area contributed by atoms with Gasteiger partial charge in [-0.25, -0.2) is 4.79 Å². The number of ether oxygens (including phenoxy) is 2. The summed E-state index contributed by atoms with van der Waals surface area (Å²) in [5, 5.41) is 3.34. The molecule has 0 bridgehead atoms. The molecule has 5 nitrogen and oxygen atoms in total. The second kappa shape index (κ2) is 10.1. The van der Waals surface area contributed by atoms with Gasteiger partial charge in [0.25, 0.3) is 5.91 Å². The predicted molar refractivity (Wildman–Crippen MR) is 105 cm³/mol. The van der Waals surface area contributed by atoms with Crippen molar-refractivity contribution in [2.45, 2.75) is 39.5 Å². The van der Waals surface area contributed by atoms with Gasteiger partial charge in [-0.15, -0.1) is 0 Å². The summed E-state index contributed by atoms with van der Waals surface area (Å²) in [4.78, 5) is 24.1. The number of halogens is 1. The lowest BCUT2D eigenvalue weighted by Crippen LogP contribution is -2.31. The van der Waals surface area contributed by atoms with Gasteiger partial charge in [0.05, 0.1) is 24.3 Å². The van der Waals surface area contributed by atoms with Gasteiger partial charge in [-0.1, -0.05) is 41.9 Å². The Labute approximate surface area is 164 Å². The van der Waals surface area contributed by atoms with Crippen molar-refractivity contribution in [1.82, 2.24) is 5.32 Å². The quantitative estimate of drug-likeness (QED) is 0.683. The molecule has 0 heterocycles. The molecule has 1 atom stereocenters. The summed E-state index contributed by atoms with van der Waals surface area (Å²) < 4.78 is 10.6. The summed E-state index contributed by atoms with van der Waals surface area (Å²) in [5.74, 6) is -0.940. The van der Waals surface area contributed by atoms with Gasteiger partial charge >= 0.3 is 5.97 Å².